The minimum Gasteiger partial charge on any atom is -0.378 e. The number of carbonyl (C=O) groups is 1. The number of rotatable bonds is 4. The van der Waals surface area contributed by atoms with Crippen molar-refractivity contribution < 1.29 is 9.53 Å². The quantitative estimate of drug-likeness (QED) is 0.647. The van der Waals surface area contributed by atoms with Gasteiger partial charge in [-0.1, -0.05) is 12.2 Å². The van der Waals surface area contributed by atoms with Gasteiger partial charge in [0.25, 0.3) is 0 Å². The average molecular weight is 198 g/mol. The van der Waals surface area contributed by atoms with Crippen LogP contribution < -0.4 is 5.32 Å². The van der Waals surface area contributed by atoms with E-state index in [4.69, 9.17) is 4.74 Å². The lowest BCUT2D eigenvalue weighted by Gasteiger charge is -2.26. The van der Waals surface area contributed by atoms with Crippen LogP contribution in [0.15, 0.2) is 12.2 Å². The van der Waals surface area contributed by atoms with E-state index in [1.807, 2.05) is 11.8 Å². The number of amides is 1. The molecule has 80 valence electrons. The fourth-order valence-electron chi connectivity index (χ4n) is 1.31. The predicted octanol–water partition coefficient (Wildman–Crippen LogP) is 0.0109. The Hall–Kier alpha value is -0.870. The van der Waals surface area contributed by atoms with Crippen LogP contribution in [0, 0.1) is 0 Å². The summed E-state index contributed by atoms with van der Waals surface area (Å²) in [5, 5.41) is 3.05. The number of hydrogen-bond donors (Lipinski definition) is 1. The molecule has 0 unspecified atom stereocenters. The van der Waals surface area contributed by atoms with Crippen molar-refractivity contribution in [2.24, 2.45) is 0 Å². The van der Waals surface area contributed by atoms with Gasteiger partial charge in [0.15, 0.2) is 0 Å². The lowest BCUT2D eigenvalue weighted by Crippen LogP contribution is -2.44. The second-order valence-corrected chi connectivity index (χ2v) is 3.55. The standard InChI is InChI=1S/C10H18N2O2/c1-9(2)7-11-8-10(13)12-3-5-14-6-4-12/h11H,1,3-8H2,2H3. The van der Waals surface area contributed by atoms with Crippen LogP contribution in [0.2, 0.25) is 0 Å². The molecule has 1 aliphatic heterocycles. The molecule has 0 aliphatic carbocycles. The molecule has 0 saturated carbocycles. The molecule has 0 radical (unpaired) electrons. The Morgan fingerprint density at radius 3 is 2.64 bits per heavy atom. The third kappa shape index (κ3) is 3.89. The molecule has 1 rings (SSSR count). The summed E-state index contributed by atoms with van der Waals surface area (Å²) in [6.07, 6.45) is 0. The lowest BCUT2D eigenvalue weighted by atomic mass is 10.3. The first-order valence-electron chi connectivity index (χ1n) is 4.91. The number of ether oxygens (including phenoxy) is 1. The molecule has 0 aromatic carbocycles. The molecule has 1 saturated heterocycles. The highest BCUT2D eigenvalue weighted by Gasteiger charge is 2.15. The molecule has 4 heteroatoms. The number of nitrogens with one attached hydrogen (secondary N) is 1. The summed E-state index contributed by atoms with van der Waals surface area (Å²) in [4.78, 5) is 13.4. The van der Waals surface area contributed by atoms with Gasteiger partial charge >= 0.3 is 0 Å². The fourth-order valence-corrected chi connectivity index (χ4v) is 1.31. The van der Waals surface area contributed by atoms with Crippen molar-refractivity contribution in [3.8, 4) is 0 Å². The maximum Gasteiger partial charge on any atom is 0.236 e. The minimum absolute atomic E-state index is 0.148. The van der Waals surface area contributed by atoms with Gasteiger partial charge in [-0.3, -0.25) is 4.79 Å². The van der Waals surface area contributed by atoms with Gasteiger partial charge in [0.2, 0.25) is 5.91 Å². The smallest absolute Gasteiger partial charge is 0.236 e. The van der Waals surface area contributed by atoms with E-state index in [-0.39, 0.29) is 5.91 Å². The Bertz CT molecular complexity index is 210. The zero-order chi connectivity index (χ0) is 10.4. The van der Waals surface area contributed by atoms with E-state index in [1.54, 1.807) is 0 Å². The SMILES string of the molecule is C=C(C)CNCC(=O)N1CCOCC1. The molecule has 1 aliphatic rings. The highest BCUT2D eigenvalue weighted by atomic mass is 16.5. The highest BCUT2D eigenvalue weighted by Crippen LogP contribution is 1.96. The van der Waals surface area contributed by atoms with Gasteiger partial charge < -0.3 is 15.0 Å². The van der Waals surface area contributed by atoms with Crippen molar-refractivity contribution >= 4 is 5.91 Å². The highest BCUT2D eigenvalue weighted by molar-refractivity contribution is 5.78. The molecule has 4 nitrogen and oxygen atoms in total. The van der Waals surface area contributed by atoms with Crippen LogP contribution in [0.25, 0.3) is 0 Å². The molecule has 1 heterocycles. The van der Waals surface area contributed by atoms with Gasteiger partial charge in [-0.2, -0.15) is 0 Å². The number of hydrogen-bond acceptors (Lipinski definition) is 3. The van der Waals surface area contributed by atoms with Crippen molar-refractivity contribution in [2.45, 2.75) is 6.92 Å². The molecule has 0 aromatic heterocycles. The van der Waals surface area contributed by atoms with Crippen LogP contribution in [0.5, 0.6) is 0 Å². The van der Waals surface area contributed by atoms with Gasteiger partial charge in [0.1, 0.15) is 0 Å². The van der Waals surface area contributed by atoms with Crippen molar-refractivity contribution in [3.05, 3.63) is 12.2 Å². The van der Waals surface area contributed by atoms with Gasteiger partial charge in [0, 0.05) is 19.6 Å². The Morgan fingerprint density at radius 2 is 2.07 bits per heavy atom. The molecule has 1 N–H and O–H groups in total. The summed E-state index contributed by atoms with van der Waals surface area (Å²) in [7, 11) is 0. The van der Waals surface area contributed by atoms with Gasteiger partial charge in [-0.15, -0.1) is 0 Å². The van der Waals surface area contributed by atoms with Gasteiger partial charge in [0.05, 0.1) is 19.8 Å². The zero-order valence-electron chi connectivity index (χ0n) is 8.71. The Balaban J connectivity index is 2.16. The normalized spacial score (nSPS) is 16.8. The molecule has 0 aromatic rings. The topological polar surface area (TPSA) is 41.6 Å². The summed E-state index contributed by atoms with van der Waals surface area (Å²) < 4.78 is 5.16. The van der Waals surface area contributed by atoms with E-state index in [9.17, 15) is 4.79 Å². The number of carbonyl (C=O) groups excluding carboxylic acids is 1. The van der Waals surface area contributed by atoms with Crippen LogP contribution in [0.3, 0.4) is 0 Å². The third-order valence-electron chi connectivity index (χ3n) is 2.07. The molecular weight excluding hydrogens is 180 g/mol. The molecule has 14 heavy (non-hydrogen) atoms. The second-order valence-electron chi connectivity index (χ2n) is 3.55. The predicted molar refractivity (Wildman–Crippen MR) is 55.1 cm³/mol. The summed E-state index contributed by atoms with van der Waals surface area (Å²) in [6.45, 7) is 9.54. The lowest BCUT2D eigenvalue weighted by molar-refractivity contribution is -0.134. The van der Waals surface area contributed by atoms with E-state index in [0.717, 1.165) is 5.57 Å². The Morgan fingerprint density at radius 1 is 1.43 bits per heavy atom. The first-order chi connectivity index (χ1) is 6.70. The van der Waals surface area contributed by atoms with E-state index >= 15 is 0 Å². The Labute approximate surface area is 84.9 Å². The minimum atomic E-state index is 0.148. The van der Waals surface area contributed by atoms with Crippen LogP contribution in [0.4, 0.5) is 0 Å². The number of morpholine rings is 1. The van der Waals surface area contributed by atoms with Crippen LogP contribution in [-0.2, 0) is 9.53 Å². The van der Waals surface area contributed by atoms with E-state index in [2.05, 4.69) is 11.9 Å². The maximum atomic E-state index is 11.6. The molecule has 1 fully saturated rings. The Kier molecular flexibility index (Phi) is 4.62. The first kappa shape index (κ1) is 11.2. The maximum absolute atomic E-state index is 11.6. The first-order valence-corrected chi connectivity index (χ1v) is 4.91. The van der Waals surface area contributed by atoms with E-state index in [0.29, 0.717) is 39.4 Å². The summed E-state index contributed by atoms with van der Waals surface area (Å²) in [6, 6.07) is 0. The fraction of sp³-hybridized carbons (Fsp3) is 0.700. The molecule has 0 atom stereocenters. The summed E-state index contributed by atoms with van der Waals surface area (Å²) in [5.74, 6) is 0.148. The van der Waals surface area contributed by atoms with E-state index < -0.39 is 0 Å². The van der Waals surface area contributed by atoms with Gasteiger partial charge in [-0.05, 0) is 6.92 Å². The molecule has 1 amide bonds. The summed E-state index contributed by atoms with van der Waals surface area (Å²) >= 11 is 0. The number of nitrogens with zero attached hydrogens (tertiary/aromatic N) is 1. The monoisotopic (exact) mass is 198 g/mol. The van der Waals surface area contributed by atoms with Gasteiger partial charge in [-0.25, -0.2) is 0 Å². The third-order valence-corrected chi connectivity index (χ3v) is 2.07. The van der Waals surface area contributed by atoms with Crippen LogP contribution in [-0.4, -0.2) is 50.2 Å². The van der Waals surface area contributed by atoms with Crippen LogP contribution in [0.1, 0.15) is 6.92 Å². The van der Waals surface area contributed by atoms with Crippen molar-refractivity contribution in [3.63, 3.8) is 0 Å². The van der Waals surface area contributed by atoms with Crippen molar-refractivity contribution in [1.29, 1.82) is 0 Å². The largest absolute Gasteiger partial charge is 0.378 e. The van der Waals surface area contributed by atoms with Crippen molar-refractivity contribution in [2.75, 3.05) is 39.4 Å². The second kappa shape index (κ2) is 5.78. The van der Waals surface area contributed by atoms with Crippen LogP contribution >= 0.6 is 0 Å². The molecule has 0 spiro atoms. The summed E-state index contributed by atoms with van der Waals surface area (Å²) in [5.41, 5.74) is 1.04. The van der Waals surface area contributed by atoms with Crippen molar-refractivity contribution in [1.82, 2.24) is 10.2 Å². The molecular formula is C10H18N2O2. The van der Waals surface area contributed by atoms with E-state index in [1.165, 1.54) is 0 Å². The average Bonchev–Trinajstić information content (AvgIpc) is 2.18. The zero-order valence-corrected chi connectivity index (χ0v) is 8.71. The molecule has 0 bridgehead atoms.